The summed E-state index contributed by atoms with van der Waals surface area (Å²) < 4.78 is 32.4. The van der Waals surface area contributed by atoms with Gasteiger partial charge in [0.25, 0.3) is 5.91 Å². The van der Waals surface area contributed by atoms with Gasteiger partial charge in [0.05, 0.1) is 11.5 Å². The molecule has 9 heteroatoms. The summed E-state index contributed by atoms with van der Waals surface area (Å²) in [6.07, 6.45) is 3.72. The number of carbonyl (C=O) groups is 2. The molecule has 0 aliphatic carbocycles. The van der Waals surface area contributed by atoms with Gasteiger partial charge >= 0.3 is 6.09 Å². The Morgan fingerprint density at radius 2 is 1.77 bits per heavy atom. The van der Waals surface area contributed by atoms with Crippen molar-refractivity contribution >= 4 is 22.0 Å². The van der Waals surface area contributed by atoms with Gasteiger partial charge in [-0.25, -0.2) is 13.2 Å². The van der Waals surface area contributed by atoms with E-state index in [1.54, 1.807) is 30.9 Å². The van der Waals surface area contributed by atoms with Crippen molar-refractivity contribution < 1.29 is 22.7 Å². The number of hydrogen-bond donors (Lipinski definition) is 1. The number of hydrogen-bond acceptors (Lipinski definition) is 5. The maximum Gasteiger partial charge on any atom is 0.409 e. The van der Waals surface area contributed by atoms with Gasteiger partial charge in [0.2, 0.25) is 10.0 Å². The Morgan fingerprint density at radius 1 is 1.10 bits per heavy atom. The molecule has 0 atom stereocenters. The fourth-order valence-corrected chi connectivity index (χ4v) is 5.49. The summed E-state index contributed by atoms with van der Waals surface area (Å²) in [4.78, 5) is 26.5. The predicted octanol–water partition coefficient (Wildman–Crippen LogP) is 2.52. The largest absolute Gasteiger partial charge is 0.450 e. The van der Waals surface area contributed by atoms with Crippen molar-refractivity contribution in [1.29, 1.82) is 0 Å². The monoisotopic (exact) mass is 437 g/mol. The van der Waals surface area contributed by atoms with Crippen LogP contribution in [-0.4, -0.2) is 68.5 Å². The second-order valence-corrected chi connectivity index (χ2v) is 9.81. The third kappa shape index (κ3) is 5.13. The minimum absolute atomic E-state index is 0.0649. The SMILES string of the molecule is CCOC(=O)N1CCC(NC(=O)c2cc(S(=O)(=O)N3CCCCC3)ccc2C)CC1. The number of carbonyl (C=O) groups excluding carboxylic acids is 2. The van der Waals surface area contributed by atoms with E-state index in [-0.39, 0.29) is 22.9 Å². The number of piperidine rings is 2. The maximum atomic E-state index is 13.0. The second-order valence-electron chi connectivity index (χ2n) is 7.88. The van der Waals surface area contributed by atoms with Gasteiger partial charge < -0.3 is 15.0 Å². The molecular weight excluding hydrogens is 406 g/mol. The quantitative estimate of drug-likeness (QED) is 0.764. The zero-order valence-electron chi connectivity index (χ0n) is 17.7. The molecule has 0 aromatic heterocycles. The summed E-state index contributed by atoms with van der Waals surface area (Å²) in [6.45, 7) is 6.00. The molecule has 166 valence electrons. The van der Waals surface area contributed by atoms with Crippen LogP contribution >= 0.6 is 0 Å². The lowest BCUT2D eigenvalue weighted by Gasteiger charge is -2.31. The molecule has 1 aromatic rings. The normalized spacial score (nSPS) is 18.8. The highest BCUT2D eigenvalue weighted by atomic mass is 32.2. The first kappa shape index (κ1) is 22.6. The van der Waals surface area contributed by atoms with Crippen molar-refractivity contribution in [2.75, 3.05) is 32.8 Å². The van der Waals surface area contributed by atoms with E-state index >= 15 is 0 Å². The van der Waals surface area contributed by atoms with Crippen LogP contribution in [0.1, 0.15) is 54.9 Å². The Hall–Kier alpha value is -2.13. The van der Waals surface area contributed by atoms with Gasteiger partial charge in [0, 0.05) is 37.8 Å². The molecule has 8 nitrogen and oxygen atoms in total. The molecule has 2 heterocycles. The van der Waals surface area contributed by atoms with Crippen LogP contribution < -0.4 is 5.32 Å². The van der Waals surface area contributed by atoms with E-state index in [1.807, 2.05) is 0 Å². The van der Waals surface area contributed by atoms with Crippen molar-refractivity contribution in [3.8, 4) is 0 Å². The molecule has 1 N–H and O–H groups in total. The lowest BCUT2D eigenvalue weighted by molar-refractivity contribution is 0.0859. The second kappa shape index (κ2) is 9.78. The zero-order chi connectivity index (χ0) is 21.7. The molecule has 0 bridgehead atoms. The first-order valence-corrected chi connectivity index (χ1v) is 12.1. The summed E-state index contributed by atoms with van der Waals surface area (Å²) in [5.41, 5.74) is 1.11. The standard InChI is InChI=1S/C21H31N3O5S/c1-3-29-21(26)23-13-9-17(10-14-23)22-20(25)19-15-18(8-7-16(19)2)30(27,28)24-11-5-4-6-12-24/h7-8,15,17H,3-6,9-14H2,1-2H3,(H,22,25). The number of nitrogens with one attached hydrogen (secondary N) is 1. The third-order valence-corrected chi connectivity index (χ3v) is 7.66. The lowest BCUT2D eigenvalue weighted by atomic mass is 10.0. The van der Waals surface area contributed by atoms with Gasteiger partial charge in [-0.05, 0) is 57.2 Å². The van der Waals surface area contributed by atoms with Gasteiger partial charge in [-0.15, -0.1) is 0 Å². The first-order chi connectivity index (χ1) is 14.3. The van der Waals surface area contributed by atoms with Crippen LogP contribution in [-0.2, 0) is 14.8 Å². The number of sulfonamides is 1. The van der Waals surface area contributed by atoms with Crippen molar-refractivity contribution in [3.05, 3.63) is 29.3 Å². The summed E-state index contributed by atoms with van der Waals surface area (Å²) in [6, 6.07) is 4.69. The number of amides is 2. The van der Waals surface area contributed by atoms with Crippen molar-refractivity contribution in [3.63, 3.8) is 0 Å². The van der Waals surface area contributed by atoms with Gasteiger partial charge in [-0.1, -0.05) is 12.5 Å². The zero-order valence-corrected chi connectivity index (χ0v) is 18.5. The molecule has 2 aliphatic rings. The van der Waals surface area contributed by atoms with E-state index in [0.29, 0.717) is 51.2 Å². The molecule has 2 fully saturated rings. The fourth-order valence-electron chi connectivity index (χ4n) is 3.94. The van der Waals surface area contributed by atoms with Crippen LogP contribution in [0.25, 0.3) is 0 Å². The first-order valence-electron chi connectivity index (χ1n) is 10.7. The highest BCUT2D eigenvalue weighted by Gasteiger charge is 2.28. The highest BCUT2D eigenvalue weighted by molar-refractivity contribution is 7.89. The number of rotatable bonds is 5. The van der Waals surface area contributed by atoms with Crippen LogP contribution in [0.15, 0.2) is 23.1 Å². The summed E-state index contributed by atoms with van der Waals surface area (Å²) in [7, 11) is -3.59. The summed E-state index contributed by atoms with van der Waals surface area (Å²) >= 11 is 0. The molecule has 30 heavy (non-hydrogen) atoms. The molecule has 0 unspecified atom stereocenters. The fraction of sp³-hybridized carbons (Fsp3) is 0.619. The number of aryl methyl sites for hydroxylation is 1. The average molecular weight is 438 g/mol. The van der Waals surface area contributed by atoms with Gasteiger partial charge in [0.1, 0.15) is 0 Å². The van der Waals surface area contributed by atoms with Crippen LogP contribution in [0.2, 0.25) is 0 Å². The van der Waals surface area contributed by atoms with E-state index in [2.05, 4.69) is 5.32 Å². The molecule has 0 radical (unpaired) electrons. The minimum Gasteiger partial charge on any atom is -0.450 e. The van der Waals surface area contributed by atoms with Crippen LogP contribution in [0.3, 0.4) is 0 Å². The third-order valence-electron chi connectivity index (χ3n) is 5.76. The van der Waals surface area contributed by atoms with E-state index in [4.69, 9.17) is 4.74 Å². The molecule has 0 saturated carbocycles. The van der Waals surface area contributed by atoms with Crippen molar-refractivity contribution in [1.82, 2.24) is 14.5 Å². The van der Waals surface area contributed by atoms with Gasteiger partial charge in [0.15, 0.2) is 0 Å². The molecule has 3 rings (SSSR count). The van der Waals surface area contributed by atoms with Gasteiger partial charge in [-0.2, -0.15) is 4.31 Å². The van der Waals surface area contributed by atoms with Crippen LogP contribution in [0, 0.1) is 6.92 Å². The Bertz CT molecular complexity index is 873. The molecule has 2 aliphatic heterocycles. The summed E-state index contributed by atoms with van der Waals surface area (Å²) in [5.74, 6) is -0.280. The number of likely N-dealkylation sites (tertiary alicyclic amines) is 1. The number of benzene rings is 1. The van der Waals surface area contributed by atoms with E-state index < -0.39 is 10.0 Å². The summed E-state index contributed by atoms with van der Waals surface area (Å²) in [5, 5.41) is 3.00. The highest BCUT2D eigenvalue weighted by Crippen LogP contribution is 2.23. The number of nitrogens with zero attached hydrogens (tertiary/aromatic N) is 2. The lowest BCUT2D eigenvalue weighted by Crippen LogP contribution is -2.46. The van der Waals surface area contributed by atoms with E-state index in [9.17, 15) is 18.0 Å². The molecule has 0 spiro atoms. The Kier molecular flexibility index (Phi) is 7.36. The Morgan fingerprint density at radius 3 is 2.40 bits per heavy atom. The predicted molar refractivity (Wildman–Crippen MR) is 113 cm³/mol. The van der Waals surface area contributed by atoms with E-state index in [0.717, 1.165) is 24.8 Å². The minimum atomic E-state index is -3.59. The van der Waals surface area contributed by atoms with Crippen LogP contribution in [0.4, 0.5) is 4.79 Å². The molecule has 2 saturated heterocycles. The maximum absolute atomic E-state index is 13.0. The topological polar surface area (TPSA) is 96.0 Å². The number of ether oxygens (including phenoxy) is 1. The van der Waals surface area contributed by atoms with E-state index in [1.165, 1.54) is 10.4 Å². The van der Waals surface area contributed by atoms with Crippen molar-refractivity contribution in [2.45, 2.75) is 56.9 Å². The molecule has 1 aromatic carbocycles. The Balaban J connectivity index is 1.66. The smallest absolute Gasteiger partial charge is 0.409 e. The Labute approximate surface area is 178 Å². The molecule has 2 amide bonds. The molecular formula is C21H31N3O5S. The van der Waals surface area contributed by atoms with Crippen LogP contribution in [0.5, 0.6) is 0 Å². The van der Waals surface area contributed by atoms with Gasteiger partial charge in [-0.3, -0.25) is 4.79 Å². The average Bonchev–Trinajstić information content (AvgIpc) is 2.75. The van der Waals surface area contributed by atoms with Crippen molar-refractivity contribution in [2.24, 2.45) is 0 Å².